The van der Waals surface area contributed by atoms with Crippen LogP contribution in [0.25, 0.3) is 0 Å². The Morgan fingerprint density at radius 2 is 2.10 bits per heavy atom. The van der Waals surface area contributed by atoms with Crippen molar-refractivity contribution in [2.45, 2.75) is 38.7 Å². The van der Waals surface area contributed by atoms with Crippen molar-refractivity contribution in [2.75, 3.05) is 24.6 Å². The zero-order chi connectivity index (χ0) is 14.8. The summed E-state index contributed by atoms with van der Waals surface area (Å²) in [4.78, 5) is 17.1. The van der Waals surface area contributed by atoms with Gasteiger partial charge in [0.05, 0.1) is 11.0 Å². The van der Waals surface area contributed by atoms with Gasteiger partial charge in [0.2, 0.25) is 0 Å². The van der Waals surface area contributed by atoms with Crippen molar-refractivity contribution in [2.24, 2.45) is 5.92 Å². The second-order valence-electron chi connectivity index (χ2n) is 5.91. The van der Waals surface area contributed by atoms with Gasteiger partial charge in [0.1, 0.15) is 11.5 Å². The van der Waals surface area contributed by atoms with Crippen LogP contribution in [-0.2, 0) is 4.74 Å². The van der Waals surface area contributed by atoms with Gasteiger partial charge in [0.15, 0.2) is 0 Å². The summed E-state index contributed by atoms with van der Waals surface area (Å²) in [5.41, 5.74) is 0.576. The predicted molar refractivity (Wildman–Crippen MR) is 79.5 cm³/mol. The lowest BCUT2D eigenvalue weighted by Gasteiger charge is -2.35. The van der Waals surface area contributed by atoms with Crippen LogP contribution in [-0.4, -0.2) is 35.7 Å². The molecule has 6 heteroatoms. The van der Waals surface area contributed by atoms with Crippen molar-refractivity contribution in [1.82, 2.24) is 4.98 Å². The highest BCUT2D eigenvalue weighted by molar-refractivity contribution is 5.47. The van der Waals surface area contributed by atoms with Gasteiger partial charge in [-0.3, -0.25) is 10.1 Å². The maximum atomic E-state index is 10.8. The van der Waals surface area contributed by atoms with Crippen molar-refractivity contribution in [1.29, 1.82) is 0 Å². The van der Waals surface area contributed by atoms with E-state index in [0.29, 0.717) is 17.7 Å². The van der Waals surface area contributed by atoms with Gasteiger partial charge >= 0.3 is 0 Å². The van der Waals surface area contributed by atoms with Crippen molar-refractivity contribution < 1.29 is 9.66 Å². The molecule has 0 saturated carbocycles. The number of pyridine rings is 1. The normalized spacial score (nSPS) is 23.5. The molecule has 0 amide bonds. The lowest BCUT2D eigenvalue weighted by Crippen LogP contribution is -2.38. The number of ether oxygens (including phenoxy) is 1. The van der Waals surface area contributed by atoms with E-state index in [9.17, 15) is 10.1 Å². The molecule has 3 heterocycles. The molecule has 2 aliphatic heterocycles. The molecule has 1 aromatic heterocycles. The Balaban J connectivity index is 1.64. The molecule has 6 nitrogen and oxygen atoms in total. The van der Waals surface area contributed by atoms with Gasteiger partial charge in [-0.05, 0) is 44.6 Å². The molecule has 2 saturated heterocycles. The third-order valence-corrected chi connectivity index (χ3v) is 4.59. The van der Waals surface area contributed by atoms with Gasteiger partial charge in [-0.1, -0.05) is 0 Å². The lowest BCUT2D eigenvalue weighted by molar-refractivity contribution is -0.385. The summed E-state index contributed by atoms with van der Waals surface area (Å²) in [6.07, 6.45) is 5.05. The van der Waals surface area contributed by atoms with E-state index >= 15 is 0 Å². The average Bonchev–Trinajstić information content (AvgIpc) is 3.01. The van der Waals surface area contributed by atoms with Crippen LogP contribution in [0.3, 0.4) is 0 Å². The number of aryl methyl sites for hydroxylation is 1. The molecule has 1 unspecified atom stereocenters. The van der Waals surface area contributed by atoms with Gasteiger partial charge < -0.3 is 9.64 Å². The van der Waals surface area contributed by atoms with Crippen LogP contribution >= 0.6 is 0 Å². The highest BCUT2D eigenvalue weighted by Crippen LogP contribution is 2.31. The van der Waals surface area contributed by atoms with Crippen LogP contribution in [0.5, 0.6) is 0 Å². The molecule has 3 rings (SSSR count). The molecular formula is C15H21N3O3. The molecule has 1 atom stereocenters. The first-order chi connectivity index (χ1) is 10.1. The van der Waals surface area contributed by atoms with Crippen molar-refractivity contribution >= 4 is 11.5 Å². The number of aromatic nitrogens is 1. The highest BCUT2D eigenvalue weighted by atomic mass is 16.6. The Morgan fingerprint density at radius 3 is 2.67 bits per heavy atom. The monoisotopic (exact) mass is 291 g/mol. The number of anilines is 1. The third-order valence-electron chi connectivity index (χ3n) is 4.59. The fourth-order valence-corrected chi connectivity index (χ4v) is 3.38. The first-order valence-corrected chi connectivity index (χ1v) is 7.64. The fourth-order valence-electron chi connectivity index (χ4n) is 3.38. The number of piperidine rings is 1. The van der Waals surface area contributed by atoms with E-state index in [1.54, 1.807) is 19.1 Å². The van der Waals surface area contributed by atoms with Gasteiger partial charge in [-0.25, -0.2) is 4.98 Å². The number of nitro groups is 1. The number of hydrogen-bond donors (Lipinski definition) is 0. The molecular weight excluding hydrogens is 270 g/mol. The van der Waals surface area contributed by atoms with E-state index in [2.05, 4.69) is 9.88 Å². The van der Waals surface area contributed by atoms with Gasteiger partial charge in [-0.15, -0.1) is 0 Å². The molecule has 2 fully saturated rings. The Hall–Kier alpha value is -1.69. The molecule has 21 heavy (non-hydrogen) atoms. The molecule has 0 aliphatic carbocycles. The highest BCUT2D eigenvalue weighted by Gasteiger charge is 2.30. The molecule has 0 bridgehead atoms. The zero-order valence-corrected chi connectivity index (χ0v) is 12.3. The summed E-state index contributed by atoms with van der Waals surface area (Å²) >= 11 is 0. The molecule has 0 spiro atoms. The second-order valence-corrected chi connectivity index (χ2v) is 5.91. The Kier molecular flexibility index (Phi) is 4.05. The van der Waals surface area contributed by atoms with Gasteiger partial charge in [0, 0.05) is 25.8 Å². The molecule has 114 valence electrons. The Labute approximate surface area is 124 Å². The minimum Gasteiger partial charge on any atom is -0.378 e. The predicted octanol–water partition coefficient (Wildman–Crippen LogP) is 2.69. The molecule has 0 radical (unpaired) electrons. The van der Waals surface area contributed by atoms with Crippen LogP contribution in [0.4, 0.5) is 11.5 Å². The van der Waals surface area contributed by atoms with Crippen LogP contribution in [0, 0.1) is 23.0 Å². The van der Waals surface area contributed by atoms with E-state index in [4.69, 9.17) is 4.74 Å². The first kappa shape index (κ1) is 14.3. The van der Waals surface area contributed by atoms with Crippen LogP contribution < -0.4 is 4.90 Å². The number of rotatable bonds is 3. The molecule has 2 aliphatic rings. The Morgan fingerprint density at radius 1 is 1.33 bits per heavy atom. The first-order valence-electron chi connectivity index (χ1n) is 7.64. The summed E-state index contributed by atoms with van der Waals surface area (Å²) < 4.78 is 5.79. The summed E-state index contributed by atoms with van der Waals surface area (Å²) in [5.74, 6) is 1.51. The zero-order valence-electron chi connectivity index (χ0n) is 12.3. The third kappa shape index (κ3) is 3.00. The standard InChI is InChI=1S/C15H21N3O3/c1-11-13(18(19)20)4-5-15(16-11)17-8-6-12(7-9-17)14-3-2-10-21-14/h4-5,12,14H,2-3,6-10H2,1H3. The lowest BCUT2D eigenvalue weighted by atomic mass is 9.90. The summed E-state index contributed by atoms with van der Waals surface area (Å²) in [5, 5.41) is 10.8. The Bertz CT molecular complexity index is 521. The second kappa shape index (κ2) is 5.97. The van der Waals surface area contributed by atoms with E-state index in [1.165, 1.54) is 12.8 Å². The smallest absolute Gasteiger partial charge is 0.290 e. The number of nitrogens with zero attached hydrogens (tertiary/aromatic N) is 3. The molecule has 1 aromatic rings. The van der Waals surface area contributed by atoms with Crippen LogP contribution in [0.1, 0.15) is 31.4 Å². The summed E-state index contributed by atoms with van der Waals surface area (Å²) in [7, 11) is 0. The molecule has 0 aromatic carbocycles. The van der Waals surface area contributed by atoms with E-state index in [-0.39, 0.29) is 10.6 Å². The van der Waals surface area contributed by atoms with Crippen molar-refractivity contribution in [3.63, 3.8) is 0 Å². The van der Waals surface area contributed by atoms with E-state index in [0.717, 1.165) is 38.4 Å². The van der Waals surface area contributed by atoms with Gasteiger partial charge in [0.25, 0.3) is 5.69 Å². The maximum absolute atomic E-state index is 10.8. The quantitative estimate of drug-likeness (QED) is 0.632. The van der Waals surface area contributed by atoms with E-state index in [1.807, 2.05) is 0 Å². The number of hydrogen-bond acceptors (Lipinski definition) is 5. The summed E-state index contributed by atoms with van der Waals surface area (Å²) in [6.45, 7) is 4.51. The summed E-state index contributed by atoms with van der Waals surface area (Å²) in [6, 6.07) is 3.32. The fraction of sp³-hybridized carbons (Fsp3) is 0.667. The largest absolute Gasteiger partial charge is 0.378 e. The minimum absolute atomic E-state index is 0.0907. The van der Waals surface area contributed by atoms with Crippen LogP contribution in [0.2, 0.25) is 0 Å². The average molecular weight is 291 g/mol. The topological polar surface area (TPSA) is 68.5 Å². The SMILES string of the molecule is Cc1nc(N2CCC(C3CCCO3)CC2)ccc1[N+](=O)[O-]. The maximum Gasteiger partial charge on any atom is 0.290 e. The van der Waals surface area contributed by atoms with Crippen LogP contribution in [0.15, 0.2) is 12.1 Å². The van der Waals surface area contributed by atoms with Crippen molar-refractivity contribution in [3.05, 3.63) is 27.9 Å². The molecule has 0 N–H and O–H groups in total. The van der Waals surface area contributed by atoms with Crippen molar-refractivity contribution in [3.8, 4) is 0 Å². The van der Waals surface area contributed by atoms with Gasteiger partial charge in [-0.2, -0.15) is 0 Å². The minimum atomic E-state index is -0.379. The van der Waals surface area contributed by atoms with E-state index < -0.39 is 0 Å².